The third-order valence-electron chi connectivity index (χ3n) is 2.97. The molecule has 0 saturated heterocycles. The highest BCUT2D eigenvalue weighted by Crippen LogP contribution is 2.10. The Bertz CT molecular complexity index is 363. The van der Waals surface area contributed by atoms with Crippen molar-refractivity contribution in [1.82, 2.24) is 4.90 Å². The Kier molecular flexibility index (Phi) is 5.70. The van der Waals surface area contributed by atoms with E-state index in [1.165, 1.54) is 11.1 Å². The Hall–Kier alpha value is -1.35. The van der Waals surface area contributed by atoms with Gasteiger partial charge in [0, 0.05) is 13.0 Å². The molecule has 0 spiro atoms. The Balaban J connectivity index is 2.46. The summed E-state index contributed by atoms with van der Waals surface area (Å²) >= 11 is 0. The lowest BCUT2D eigenvalue weighted by Crippen LogP contribution is -2.24. The molecule has 0 aliphatic heterocycles. The zero-order valence-corrected chi connectivity index (χ0v) is 10.6. The van der Waals surface area contributed by atoms with Crippen molar-refractivity contribution in [3.8, 4) is 0 Å². The van der Waals surface area contributed by atoms with E-state index in [0.717, 1.165) is 26.1 Å². The van der Waals surface area contributed by atoms with Crippen molar-refractivity contribution in [3.63, 3.8) is 0 Å². The van der Waals surface area contributed by atoms with Crippen LogP contribution in [0.4, 0.5) is 0 Å². The van der Waals surface area contributed by atoms with E-state index in [9.17, 15) is 4.79 Å². The highest BCUT2D eigenvalue weighted by molar-refractivity contribution is 5.66. The number of hydrogen-bond donors (Lipinski definition) is 1. The van der Waals surface area contributed by atoms with Crippen molar-refractivity contribution < 1.29 is 9.90 Å². The van der Waals surface area contributed by atoms with Crippen LogP contribution in [-0.4, -0.2) is 29.1 Å². The van der Waals surface area contributed by atoms with Gasteiger partial charge in [0.2, 0.25) is 0 Å². The van der Waals surface area contributed by atoms with E-state index >= 15 is 0 Å². The second-order valence-corrected chi connectivity index (χ2v) is 4.29. The van der Waals surface area contributed by atoms with Gasteiger partial charge in [0.05, 0.1) is 0 Å². The number of hydrogen-bond acceptors (Lipinski definition) is 2. The summed E-state index contributed by atoms with van der Waals surface area (Å²) in [7, 11) is 0. The quantitative estimate of drug-likeness (QED) is 0.790. The van der Waals surface area contributed by atoms with Crippen molar-refractivity contribution in [2.45, 2.75) is 33.2 Å². The molecule has 1 N–H and O–H groups in total. The standard InChI is InChI=1S/C14H21NO2/c1-3-15(10-6-9-14(16)17)11-13-8-5-4-7-12(13)2/h4-5,7-8H,3,6,9-11H2,1-2H3,(H,16,17). The number of carboxylic acids is 1. The Morgan fingerprint density at radius 3 is 2.65 bits per heavy atom. The molecule has 0 radical (unpaired) electrons. The zero-order chi connectivity index (χ0) is 12.7. The molecule has 0 amide bonds. The molecule has 17 heavy (non-hydrogen) atoms. The second kappa shape index (κ2) is 7.07. The third-order valence-corrected chi connectivity index (χ3v) is 2.97. The van der Waals surface area contributed by atoms with Gasteiger partial charge in [-0.3, -0.25) is 9.69 Å². The minimum atomic E-state index is -0.711. The lowest BCUT2D eigenvalue weighted by molar-refractivity contribution is -0.137. The van der Waals surface area contributed by atoms with Crippen molar-refractivity contribution in [2.75, 3.05) is 13.1 Å². The normalized spacial score (nSPS) is 10.8. The first kappa shape index (κ1) is 13.7. The summed E-state index contributed by atoms with van der Waals surface area (Å²) in [5.41, 5.74) is 2.62. The first-order valence-electron chi connectivity index (χ1n) is 6.12. The maximum atomic E-state index is 10.5. The fraction of sp³-hybridized carbons (Fsp3) is 0.500. The van der Waals surface area contributed by atoms with E-state index < -0.39 is 5.97 Å². The summed E-state index contributed by atoms with van der Waals surface area (Å²) in [5, 5.41) is 8.61. The number of carbonyl (C=O) groups is 1. The van der Waals surface area contributed by atoms with Crippen LogP contribution in [0.3, 0.4) is 0 Å². The van der Waals surface area contributed by atoms with Crippen LogP contribution in [0, 0.1) is 6.92 Å². The first-order chi connectivity index (χ1) is 8.13. The largest absolute Gasteiger partial charge is 0.481 e. The van der Waals surface area contributed by atoms with Crippen molar-refractivity contribution in [2.24, 2.45) is 0 Å². The molecule has 94 valence electrons. The number of benzene rings is 1. The van der Waals surface area contributed by atoms with E-state index in [1.807, 2.05) is 12.1 Å². The predicted molar refractivity (Wildman–Crippen MR) is 69.0 cm³/mol. The van der Waals surface area contributed by atoms with Crippen LogP contribution in [0.5, 0.6) is 0 Å². The lowest BCUT2D eigenvalue weighted by atomic mass is 10.1. The minimum absolute atomic E-state index is 0.254. The number of rotatable bonds is 7. The number of carboxylic acid groups (broad SMARTS) is 1. The van der Waals surface area contributed by atoms with Crippen molar-refractivity contribution >= 4 is 5.97 Å². The average molecular weight is 235 g/mol. The molecule has 0 aliphatic rings. The van der Waals surface area contributed by atoms with E-state index in [0.29, 0.717) is 0 Å². The molecule has 0 aliphatic carbocycles. The Labute approximate surface area is 103 Å². The van der Waals surface area contributed by atoms with Crippen LogP contribution in [0.2, 0.25) is 0 Å². The van der Waals surface area contributed by atoms with Gasteiger partial charge in [-0.25, -0.2) is 0 Å². The van der Waals surface area contributed by atoms with Crippen LogP contribution in [0.15, 0.2) is 24.3 Å². The summed E-state index contributed by atoms with van der Waals surface area (Å²) in [4.78, 5) is 12.7. The number of nitrogens with zero attached hydrogens (tertiary/aromatic N) is 1. The minimum Gasteiger partial charge on any atom is -0.481 e. The molecule has 1 aromatic carbocycles. The summed E-state index contributed by atoms with van der Waals surface area (Å²) < 4.78 is 0. The van der Waals surface area contributed by atoms with Crippen LogP contribution >= 0.6 is 0 Å². The topological polar surface area (TPSA) is 40.5 Å². The van der Waals surface area contributed by atoms with Gasteiger partial charge in [0.25, 0.3) is 0 Å². The number of aliphatic carboxylic acids is 1. The van der Waals surface area contributed by atoms with Crippen LogP contribution in [0.25, 0.3) is 0 Å². The Morgan fingerprint density at radius 1 is 1.35 bits per heavy atom. The molecule has 0 aromatic heterocycles. The first-order valence-corrected chi connectivity index (χ1v) is 6.12. The van der Waals surface area contributed by atoms with Crippen molar-refractivity contribution in [3.05, 3.63) is 35.4 Å². The SMILES string of the molecule is CCN(CCCC(=O)O)Cc1ccccc1C. The monoisotopic (exact) mass is 235 g/mol. The average Bonchev–Trinajstić information content (AvgIpc) is 2.30. The van der Waals surface area contributed by atoms with E-state index in [1.54, 1.807) is 0 Å². The molecule has 0 saturated carbocycles. The predicted octanol–water partition coefficient (Wildman–Crippen LogP) is 2.68. The summed E-state index contributed by atoms with van der Waals surface area (Å²) in [5.74, 6) is -0.711. The second-order valence-electron chi connectivity index (χ2n) is 4.29. The third kappa shape index (κ3) is 5.00. The molecule has 1 rings (SSSR count). The zero-order valence-electron chi connectivity index (χ0n) is 10.6. The molecule has 3 heteroatoms. The van der Waals surface area contributed by atoms with Gasteiger partial charge >= 0.3 is 5.97 Å². The van der Waals surface area contributed by atoms with E-state index in [2.05, 4.69) is 30.9 Å². The van der Waals surface area contributed by atoms with Crippen molar-refractivity contribution in [1.29, 1.82) is 0 Å². The summed E-state index contributed by atoms with van der Waals surface area (Å²) in [6.45, 7) is 6.92. The van der Waals surface area contributed by atoms with Crippen LogP contribution in [0.1, 0.15) is 30.9 Å². The van der Waals surface area contributed by atoms with Gasteiger partial charge in [0.15, 0.2) is 0 Å². The summed E-state index contributed by atoms with van der Waals surface area (Å²) in [6.07, 6.45) is 0.972. The number of aryl methyl sites for hydroxylation is 1. The maximum Gasteiger partial charge on any atom is 0.303 e. The van der Waals surface area contributed by atoms with Gasteiger partial charge in [-0.2, -0.15) is 0 Å². The fourth-order valence-corrected chi connectivity index (χ4v) is 1.83. The molecular weight excluding hydrogens is 214 g/mol. The maximum absolute atomic E-state index is 10.5. The van der Waals surface area contributed by atoms with E-state index in [-0.39, 0.29) is 6.42 Å². The van der Waals surface area contributed by atoms with Gasteiger partial charge in [-0.15, -0.1) is 0 Å². The lowest BCUT2D eigenvalue weighted by Gasteiger charge is -2.21. The van der Waals surface area contributed by atoms with Crippen LogP contribution in [-0.2, 0) is 11.3 Å². The molecule has 0 unspecified atom stereocenters. The highest BCUT2D eigenvalue weighted by Gasteiger charge is 2.06. The van der Waals surface area contributed by atoms with Gasteiger partial charge in [-0.05, 0) is 37.6 Å². The highest BCUT2D eigenvalue weighted by atomic mass is 16.4. The summed E-state index contributed by atoms with van der Waals surface area (Å²) in [6, 6.07) is 8.34. The van der Waals surface area contributed by atoms with Gasteiger partial charge < -0.3 is 5.11 Å². The van der Waals surface area contributed by atoms with E-state index in [4.69, 9.17) is 5.11 Å². The smallest absolute Gasteiger partial charge is 0.303 e. The van der Waals surface area contributed by atoms with Gasteiger partial charge in [0.1, 0.15) is 0 Å². The molecule has 0 atom stereocenters. The Morgan fingerprint density at radius 2 is 2.06 bits per heavy atom. The fourth-order valence-electron chi connectivity index (χ4n) is 1.83. The molecule has 0 bridgehead atoms. The molecular formula is C14H21NO2. The molecule has 3 nitrogen and oxygen atoms in total. The molecule has 0 heterocycles. The van der Waals surface area contributed by atoms with Crippen LogP contribution < -0.4 is 0 Å². The van der Waals surface area contributed by atoms with Gasteiger partial charge in [-0.1, -0.05) is 31.2 Å². The molecule has 0 fully saturated rings. The molecule has 1 aromatic rings.